The third-order valence-electron chi connectivity index (χ3n) is 13.0. The van der Waals surface area contributed by atoms with Crippen LogP contribution >= 0.6 is 0 Å². The second-order valence-corrected chi connectivity index (χ2v) is 18.2. The van der Waals surface area contributed by atoms with Crippen molar-refractivity contribution in [1.82, 2.24) is 9.55 Å². The van der Waals surface area contributed by atoms with E-state index < -0.39 is 0 Å². The maximum Gasteiger partial charge on any atom is 0.157 e. The summed E-state index contributed by atoms with van der Waals surface area (Å²) in [5.41, 5.74) is 11.6. The molecule has 9 nitrogen and oxygen atoms in total. The number of benzene rings is 8. The van der Waals surface area contributed by atoms with Crippen LogP contribution in [0.15, 0.2) is 170 Å². The number of ether oxygens (including phenoxy) is 4. The number of rotatable bonds is 6. The van der Waals surface area contributed by atoms with Gasteiger partial charge in [-0.2, -0.15) is 12.1 Å². The van der Waals surface area contributed by atoms with Crippen LogP contribution in [0.25, 0.3) is 38.8 Å². The van der Waals surface area contributed by atoms with Crippen molar-refractivity contribution in [2.45, 2.75) is 26.2 Å². The topological polar surface area (TPSA) is 64.5 Å². The van der Waals surface area contributed by atoms with Gasteiger partial charge in [0.15, 0.2) is 34.5 Å². The largest absolute Gasteiger partial charge is 0.509 e. The first kappa shape index (κ1) is 40.3. The molecule has 8 aromatic carbocycles. The molecule has 0 radical (unpaired) electrons. The van der Waals surface area contributed by atoms with Gasteiger partial charge in [-0.05, 0) is 82.1 Å². The number of nitrogens with zero attached hydrogens (tertiary/aromatic N) is 5. The SMILES string of the molecule is CC(C)(C)c1ccnc(-n2c3[c-]c(Oc4[c-]c(N5[CH-]N(c6cc7c8c(c6)Oc6cccc9c6N8c6c(cccc6O7)O9)c6ccccc65)ccc4)ccc3c3cc(-c4ccccc4)ccc32)c1.[Pt]. The van der Waals surface area contributed by atoms with Gasteiger partial charge in [-0.1, -0.05) is 93.0 Å². The Morgan fingerprint density at radius 1 is 0.544 bits per heavy atom. The van der Waals surface area contributed by atoms with Crippen molar-refractivity contribution in [2.75, 3.05) is 14.7 Å². The normalized spacial score (nSPS) is 13.6. The maximum atomic E-state index is 6.68. The molecule has 2 aromatic heterocycles. The van der Waals surface area contributed by atoms with Gasteiger partial charge in [0.05, 0.1) is 0 Å². The van der Waals surface area contributed by atoms with Crippen molar-refractivity contribution >= 4 is 61.6 Å². The zero-order valence-corrected chi connectivity index (χ0v) is 39.2. The minimum absolute atomic E-state index is 0. The molecule has 332 valence electrons. The van der Waals surface area contributed by atoms with Crippen LogP contribution in [0.5, 0.6) is 46.0 Å². The Morgan fingerprint density at radius 3 is 1.88 bits per heavy atom. The van der Waals surface area contributed by atoms with Crippen LogP contribution in [0.2, 0.25) is 0 Å². The Hall–Kier alpha value is -8.00. The molecule has 10 heteroatoms. The molecule has 0 fully saturated rings. The van der Waals surface area contributed by atoms with E-state index in [0.717, 1.165) is 102 Å². The Labute approximate surface area is 407 Å². The van der Waals surface area contributed by atoms with Crippen molar-refractivity contribution < 1.29 is 40.0 Å². The molecule has 10 aromatic rings. The maximum absolute atomic E-state index is 6.68. The van der Waals surface area contributed by atoms with E-state index >= 15 is 0 Å². The molecule has 0 N–H and O–H groups in total. The fourth-order valence-electron chi connectivity index (χ4n) is 9.85. The van der Waals surface area contributed by atoms with Gasteiger partial charge in [0.2, 0.25) is 0 Å². The van der Waals surface area contributed by atoms with Crippen LogP contribution in [0, 0.1) is 18.8 Å². The van der Waals surface area contributed by atoms with E-state index in [0.29, 0.717) is 23.0 Å². The minimum Gasteiger partial charge on any atom is -0.509 e. The van der Waals surface area contributed by atoms with Gasteiger partial charge in [-0.25, -0.2) is 4.98 Å². The molecule has 6 heterocycles. The number of anilines is 7. The summed E-state index contributed by atoms with van der Waals surface area (Å²) in [5, 5.41) is 2.17. The van der Waals surface area contributed by atoms with E-state index in [1.165, 1.54) is 5.56 Å². The van der Waals surface area contributed by atoms with Crippen LogP contribution in [0.4, 0.5) is 39.8 Å². The molecule has 0 unspecified atom stereocenters. The first-order valence-corrected chi connectivity index (χ1v) is 22.3. The molecule has 4 aliphatic heterocycles. The summed E-state index contributed by atoms with van der Waals surface area (Å²) in [7, 11) is 0. The molecule has 0 saturated carbocycles. The summed E-state index contributed by atoms with van der Waals surface area (Å²) in [6, 6.07) is 63.0. The first-order chi connectivity index (χ1) is 32.8. The molecule has 0 bridgehead atoms. The summed E-state index contributed by atoms with van der Waals surface area (Å²) in [5.74, 6) is 6.24. The fraction of sp³-hybridized carbons (Fsp3) is 0.0690. The summed E-state index contributed by atoms with van der Waals surface area (Å²) in [6.07, 6.45) is 1.90. The second kappa shape index (κ2) is 15.0. The second-order valence-electron chi connectivity index (χ2n) is 18.2. The van der Waals surface area contributed by atoms with E-state index in [1.54, 1.807) is 0 Å². The Balaban J connectivity index is 0.00000457. The van der Waals surface area contributed by atoms with Crippen LogP contribution in [-0.2, 0) is 26.5 Å². The van der Waals surface area contributed by atoms with E-state index in [9.17, 15) is 0 Å². The molecule has 0 spiro atoms. The standard InChI is InChI=1S/C58H38N5O4.Pt/c1-58(2,3)37-26-27-59-54(29-37)62-44-25-22-36(35-12-5-4-6-13-35)28-43(44)42-24-23-41(33-47(42)62)64-40-15-9-14-38(30-40)60-34-61(46-17-8-7-16-45(46)60)39-31-52-57-53(32-39)67-51-21-11-19-49-56(51)63(57)55-48(65-49)18-10-20-50(55)66-52;/h4-29,31-32,34H,1-3H3;/q-3;. The molecular weight excluding hydrogens is 1030 g/mol. The number of pyridine rings is 1. The van der Waals surface area contributed by atoms with Crippen LogP contribution in [0.3, 0.4) is 0 Å². The zero-order valence-electron chi connectivity index (χ0n) is 36.9. The van der Waals surface area contributed by atoms with Gasteiger partial charge in [-0.15, -0.1) is 48.1 Å². The zero-order chi connectivity index (χ0) is 44.5. The predicted octanol–water partition coefficient (Wildman–Crippen LogP) is 15.7. The molecule has 0 saturated heterocycles. The monoisotopic (exact) mass is 1060 g/mol. The van der Waals surface area contributed by atoms with Gasteiger partial charge in [0.1, 0.15) is 22.9 Å². The third kappa shape index (κ3) is 6.15. The Kier molecular flexibility index (Phi) is 8.89. The number of aromatic nitrogens is 2. The number of para-hydroxylation sites is 4. The number of fused-ring (bicyclic) bond motifs is 4. The number of hydrogen-bond acceptors (Lipinski definition) is 8. The smallest absolute Gasteiger partial charge is 0.157 e. The Bertz CT molecular complexity index is 3640. The van der Waals surface area contributed by atoms with Gasteiger partial charge in [-0.3, -0.25) is 4.90 Å². The molecule has 0 aliphatic carbocycles. The summed E-state index contributed by atoms with van der Waals surface area (Å²) < 4.78 is 28.5. The average molecular weight is 1060 g/mol. The molecule has 14 rings (SSSR count). The molecule has 68 heavy (non-hydrogen) atoms. The Morgan fingerprint density at radius 2 is 1.18 bits per heavy atom. The van der Waals surface area contributed by atoms with Crippen molar-refractivity contribution in [1.29, 1.82) is 0 Å². The summed E-state index contributed by atoms with van der Waals surface area (Å²) in [6.45, 7) is 8.75. The quantitative estimate of drug-likeness (QED) is 0.153. The molecule has 4 aliphatic rings. The van der Waals surface area contributed by atoms with Crippen molar-refractivity contribution in [3.05, 3.63) is 194 Å². The van der Waals surface area contributed by atoms with Gasteiger partial charge in [0, 0.05) is 73.5 Å². The van der Waals surface area contributed by atoms with Crippen molar-refractivity contribution in [3.63, 3.8) is 0 Å². The molecule has 0 atom stereocenters. The van der Waals surface area contributed by atoms with Gasteiger partial charge in [0.25, 0.3) is 0 Å². The average Bonchev–Trinajstić information content (AvgIpc) is 3.90. The molecule has 0 amide bonds. The van der Waals surface area contributed by atoms with E-state index in [2.05, 4.69) is 144 Å². The fourth-order valence-corrected chi connectivity index (χ4v) is 9.85. The summed E-state index contributed by atoms with van der Waals surface area (Å²) in [4.78, 5) is 11.4. The van der Waals surface area contributed by atoms with Crippen LogP contribution in [-0.4, -0.2) is 9.55 Å². The third-order valence-corrected chi connectivity index (χ3v) is 13.0. The van der Waals surface area contributed by atoms with Gasteiger partial charge < -0.3 is 33.3 Å². The molecular formula is C58H38N5O4Pt-3. The first-order valence-electron chi connectivity index (χ1n) is 22.3. The van der Waals surface area contributed by atoms with Crippen molar-refractivity contribution in [2.24, 2.45) is 0 Å². The van der Waals surface area contributed by atoms with Crippen LogP contribution in [0.1, 0.15) is 26.3 Å². The van der Waals surface area contributed by atoms with E-state index in [4.69, 9.17) is 23.9 Å². The summed E-state index contributed by atoms with van der Waals surface area (Å²) >= 11 is 0. The number of hydrogen-bond donors (Lipinski definition) is 0. The van der Waals surface area contributed by atoms with Crippen LogP contribution < -0.4 is 33.6 Å². The predicted molar refractivity (Wildman–Crippen MR) is 263 cm³/mol. The van der Waals surface area contributed by atoms with E-state index in [-0.39, 0.29) is 26.5 Å². The van der Waals surface area contributed by atoms with E-state index in [1.807, 2.05) is 85.1 Å². The van der Waals surface area contributed by atoms with Crippen molar-refractivity contribution in [3.8, 4) is 62.9 Å². The minimum atomic E-state index is -0.0573. The van der Waals surface area contributed by atoms with Gasteiger partial charge >= 0.3 is 0 Å².